The van der Waals surface area contributed by atoms with Crippen molar-refractivity contribution in [1.29, 1.82) is 0 Å². The van der Waals surface area contributed by atoms with Crippen LogP contribution in [0.1, 0.15) is 52.5 Å². The van der Waals surface area contributed by atoms with Crippen LogP contribution in [0, 0.1) is 11.8 Å². The van der Waals surface area contributed by atoms with Crippen molar-refractivity contribution >= 4 is 66.5 Å². The first-order chi connectivity index (χ1) is 20.5. The topological polar surface area (TPSA) is 159 Å². The van der Waals surface area contributed by atoms with E-state index in [0.29, 0.717) is 38.9 Å². The van der Waals surface area contributed by atoms with Gasteiger partial charge in [-0.1, -0.05) is 13.8 Å². The second-order valence-electron chi connectivity index (χ2n) is 9.93. The number of hydrogen-bond acceptors (Lipinski definition) is 11. The molecule has 228 valence electrons. The van der Waals surface area contributed by atoms with Crippen LogP contribution in [0.3, 0.4) is 0 Å². The monoisotopic (exact) mass is 629 g/mol. The normalized spacial score (nSPS) is 12.6. The van der Waals surface area contributed by atoms with Gasteiger partial charge in [-0.3, -0.25) is 19.2 Å². The summed E-state index contributed by atoms with van der Waals surface area (Å²) in [6, 6.07) is 8.67. The second kappa shape index (κ2) is 13.8. The minimum atomic E-state index is -1.02. The maximum absolute atomic E-state index is 12.6. The van der Waals surface area contributed by atoms with Crippen molar-refractivity contribution in [2.45, 2.75) is 33.1 Å². The van der Waals surface area contributed by atoms with Crippen LogP contribution in [-0.4, -0.2) is 66.1 Å². The number of aromatic nitrogens is 1. The predicted octanol–water partition coefficient (Wildman–Crippen LogP) is 5.96. The van der Waals surface area contributed by atoms with Gasteiger partial charge in [-0.25, -0.2) is 4.98 Å². The Bertz CT molecular complexity index is 1550. The molecule has 0 bridgehead atoms. The van der Waals surface area contributed by atoms with Crippen LogP contribution in [0.25, 0.3) is 20.3 Å². The van der Waals surface area contributed by atoms with E-state index in [4.69, 9.17) is 29.2 Å². The summed E-state index contributed by atoms with van der Waals surface area (Å²) in [6.07, 6.45) is 0.316. The lowest BCUT2D eigenvalue weighted by atomic mass is 10.0. The summed E-state index contributed by atoms with van der Waals surface area (Å²) < 4.78 is 24.3. The fraction of sp³-hybridized carbons (Fsp3) is 0.367. The highest BCUT2D eigenvalue weighted by molar-refractivity contribution is 7.21. The van der Waals surface area contributed by atoms with Crippen LogP contribution < -0.4 is 18.9 Å². The highest BCUT2D eigenvalue weighted by Gasteiger charge is 2.21. The van der Waals surface area contributed by atoms with Gasteiger partial charge in [-0.15, -0.1) is 22.7 Å². The zero-order valence-corrected chi connectivity index (χ0v) is 25.6. The molecule has 1 aromatic carbocycles. The van der Waals surface area contributed by atoms with E-state index in [9.17, 15) is 19.2 Å². The van der Waals surface area contributed by atoms with E-state index < -0.39 is 23.8 Å². The van der Waals surface area contributed by atoms with Crippen molar-refractivity contribution < 1.29 is 48.3 Å². The first-order valence-corrected chi connectivity index (χ1v) is 15.0. The van der Waals surface area contributed by atoms with E-state index in [-0.39, 0.29) is 43.5 Å². The van der Waals surface area contributed by atoms with Gasteiger partial charge >= 0.3 is 11.9 Å². The lowest BCUT2D eigenvalue weighted by Crippen LogP contribution is -2.13. The number of thiophene rings is 2. The molecule has 0 amide bonds. The maximum Gasteiger partial charge on any atom is 0.306 e. The van der Waals surface area contributed by atoms with Crippen LogP contribution >= 0.6 is 22.7 Å². The molecule has 2 atom stereocenters. The number of carboxylic acids is 2. The van der Waals surface area contributed by atoms with Gasteiger partial charge in [0.15, 0.2) is 28.8 Å². The van der Waals surface area contributed by atoms with Crippen LogP contribution in [0.4, 0.5) is 0 Å². The number of aliphatic carboxylic acids is 2. The highest BCUT2D eigenvalue weighted by Crippen LogP contribution is 2.38. The average Bonchev–Trinajstić information content (AvgIpc) is 3.59. The number of pyridine rings is 1. The number of nitrogens with zero attached hydrogens (tertiary/aromatic N) is 1. The molecule has 3 aromatic heterocycles. The lowest BCUT2D eigenvalue weighted by Gasteiger charge is -2.12. The number of methoxy groups -OCH3 is 2. The van der Waals surface area contributed by atoms with Gasteiger partial charge in [0.2, 0.25) is 0 Å². The molecule has 4 aromatic rings. The van der Waals surface area contributed by atoms with Crippen LogP contribution in [0.15, 0.2) is 30.3 Å². The summed E-state index contributed by atoms with van der Waals surface area (Å²) in [7, 11) is 3.02. The first kappa shape index (κ1) is 31.7. The van der Waals surface area contributed by atoms with Crippen molar-refractivity contribution in [2.75, 3.05) is 27.4 Å². The molecule has 4 rings (SSSR count). The zero-order valence-electron chi connectivity index (χ0n) is 24.0. The molecule has 0 fully saturated rings. The molecule has 13 heteroatoms. The number of carbonyl (C=O) groups excluding carboxylic acids is 2. The van der Waals surface area contributed by atoms with Crippen LogP contribution in [0.2, 0.25) is 0 Å². The zero-order chi connectivity index (χ0) is 31.3. The number of carboxylic acid groups (broad SMARTS) is 2. The summed E-state index contributed by atoms with van der Waals surface area (Å²) in [4.78, 5) is 52.7. The number of rotatable bonds is 16. The van der Waals surface area contributed by atoms with E-state index in [1.807, 2.05) is 0 Å². The summed E-state index contributed by atoms with van der Waals surface area (Å²) in [5.41, 5.74) is 0.549. The molecule has 0 saturated heterocycles. The van der Waals surface area contributed by atoms with Gasteiger partial charge in [-0.2, -0.15) is 0 Å². The smallest absolute Gasteiger partial charge is 0.306 e. The summed E-state index contributed by atoms with van der Waals surface area (Å²) in [6.45, 7) is 3.54. The third-order valence-electron chi connectivity index (χ3n) is 6.62. The second-order valence-corrected chi connectivity index (χ2v) is 12.1. The standard InChI is InChI=1S/C30H31NO10S2/c1-15(29(34)35)8-19(32)26-11-17-10-22(21(38-3)13-24(17)42-26)40-6-5-7-41-28-23(39-4)14-25-18(31-28)12-27(43-25)20(33)9-16(2)30(36)37/h10-16H,5-9H2,1-4H3,(H,34,35)(H,36,37)/t15-,16-/m0/s1. The van der Waals surface area contributed by atoms with Crippen molar-refractivity contribution in [1.82, 2.24) is 4.98 Å². The van der Waals surface area contributed by atoms with E-state index in [1.165, 1.54) is 50.7 Å². The molecule has 2 N–H and O–H groups in total. The number of ether oxygens (including phenoxy) is 4. The van der Waals surface area contributed by atoms with E-state index in [2.05, 4.69) is 4.98 Å². The molecular weight excluding hydrogens is 598 g/mol. The minimum absolute atomic E-state index is 0.0764. The number of hydrogen-bond donors (Lipinski definition) is 2. The Morgan fingerprint density at radius 2 is 1.30 bits per heavy atom. The van der Waals surface area contributed by atoms with Crippen molar-refractivity contribution in [3.8, 4) is 23.1 Å². The average molecular weight is 630 g/mol. The summed E-state index contributed by atoms with van der Waals surface area (Å²) >= 11 is 2.50. The van der Waals surface area contributed by atoms with E-state index in [1.54, 1.807) is 30.3 Å². The molecule has 3 heterocycles. The number of ketones is 2. The molecule has 0 spiro atoms. The fourth-order valence-electron chi connectivity index (χ4n) is 4.12. The molecule has 0 aliphatic rings. The molecule has 11 nitrogen and oxygen atoms in total. The molecule has 0 aliphatic carbocycles. The molecular formula is C30H31NO10S2. The third kappa shape index (κ3) is 7.59. The minimum Gasteiger partial charge on any atom is -0.493 e. The van der Waals surface area contributed by atoms with Gasteiger partial charge in [0.25, 0.3) is 5.88 Å². The Labute approximate surface area is 255 Å². The summed E-state index contributed by atoms with van der Waals surface area (Å²) in [5.74, 6) is -2.41. The van der Waals surface area contributed by atoms with Gasteiger partial charge in [0.05, 0.1) is 59.2 Å². The third-order valence-corrected chi connectivity index (χ3v) is 8.87. The SMILES string of the molecule is COc1cc2sc(C(=O)C[C@H](C)C(=O)O)cc2cc1OCCCOc1nc2cc(C(=O)C[C@H](C)C(=O)O)sc2cc1OC. The quantitative estimate of drug-likeness (QED) is 0.111. The van der Waals surface area contributed by atoms with Gasteiger partial charge in [0.1, 0.15) is 0 Å². The van der Waals surface area contributed by atoms with Gasteiger partial charge in [0, 0.05) is 36.1 Å². The van der Waals surface area contributed by atoms with E-state index >= 15 is 0 Å². The Hall–Kier alpha value is -4.23. The Morgan fingerprint density at radius 1 is 0.744 bits per heavy atom. The summed E-state index contributed by atoms with van der Waals surface area (Å²) in [5, 5.41) is 19.0. The van der Waals surface area contributed by atoms with Crippen molar-refractivity contribution in [3.63, 3.8) is 0 Å². The maximum atomic E-state index is 12.6. The number of carbonyl (C=O) groups is 4. The van der Waals surface area contributed by atoms with E-state index in [0.717, 1.165) is 14.8 Å². The fourth-order valence-corrected chi connectivity index (χ4v) is 6.12. The number of benzene rings is 1. The lowest BCUT2D eigenvalue weighted by molar-refractivity contribution is -0.141. The molecule has 0 radical (unpaired) electrons. The Balaban J connectivity index is 1.38. The Kier molecular flexibility index (Phi) is 10.2. The van der Waals surface area contributed by atoms with Crippen LogP contribution in [0.5, 0.6) is 23.1 Å². The number of Topliss-reactive ketones (excluding diaryl/α,β-unsaturated/α-hetero) is 2. The van der Waals surface area contributed by atoms with Crippen molar-refractivity contribution in [2.24, 2.45) is 11.8 Å². The van der Waals surface area contributed by atoms with Crippen LogP contribution in [-0.2, 0) is 9.59 Å². The van der Waals surface area contributed by atoms with Gasteiger partial charge < -0.3 is 29.2 Å². The first-order valence-electron chi connectivity index (χ1n) is 13.4. The highest BCUT2D eigenvalue weighted by atomic mass is 32.1. The number of fused-ring (bicyclic) bond motifs is 2. The largest absolute Gasteiger partial charge is 0.493 e. The Morgan fingerprint density at radius 3 is 1.91 bits per heavy atom. The molecule has 0 unspecified atom stereocenters. The molecule has 43 heavy (non-hydrogen) atoms. The molecule has 0 aliphatic heterocycles. The predicted molar refractivity (Wildman–Crippen MR) is 162 cm³/mol. The molecule has 0 saturated carbocycles. The van der Waals surface area contributed by atoms with Crippen molar-refractivity contribution in [3.05, 3.63) is 40.1 Å². The van der Waals surface area contributed by atoms with Gasteiger partial charge in [-0.05, 0) is 23.6 Å².